The number of aromatic nitrogens is 2. The summed E-state index contributed by atoms with van der Waals surface area (Å²) in [7, 11) is -0.519. The van der Waals surface area contributed by atoms with Crippen molar-refractivity contribution in [1.29, 1.82) is 0 Å². The molecule has 6 rings (SSSR count). The maximum absolute atomic E-state index is 6.73. The summed E-state index contributed by atoms with van der Waals surface area (Å²) in [6.07, 6.45) is 7.40. The third-order valence-electron chi connectivity index (χ3n) is 8.31. The summed E-state index contributed by atoms with van der Waals surface area (Å²) in [6, 6.07) is 33.0. The maximum Gasteiger partial charge on any atom is 0.475 e. The van der Waals surface area contributed by atoms with Gasteiger partial charge < -0.3 is 9.31 Å². The molecule has 194 valence electrons. The van der Waals surface area contributed by atoms with E-state index in [1.807, 2.05) is 42.5 Å². The molecule has 5 heteroatoms. The Kier molecular flexibility index (Phi) is 6.37. The van der Waals surface area contributed by atoms with Crippen LogP contribution in [0.2, 0.25) is 0 Å². The van der Waals surface area contributed by atoms with Gasteiger partial charge in [0.2, 0.25) is 0 Å². The standard InChI is InChI=1S/C34H33BN2O2/c1-32(2)33(3,4)39-35(38-32)34(22-20-26(21-23-34)25-14-8-5-9-15-25)30-24-29(27-16-10-6-11-17-27)36-31(37-30)28-18-12-7-13-19-28/h5-22,24H,23H2,1-4H3. The second-order valence-corrected chi connectivity index (χ2v) is 11.4. The van der Waals surface area contributed by atoms with E-state index in [4.69, 9.17) is 19.3 Å². The molecule has 1 fully saturated rings. The first-order valence-electron chi connectivity index (χ1n) is 13.6. The second-order valence-electron chi connectivity index (χ2n) is 11.4. The minimum atomic E-state index is -0.640. The molecule has 3 aromatic carbocycles. The Balaban J connectivity index is 1.53. The van der Waals surface area contributed by atoms with E-state index in [1.54, 1.807) is 0 Å². The summed E-state index contributed by atoms with van der Waals surface area (Å²) in [6.45, 7) is 8.40. The molecule has 1 atom stereocenters. The zero-order chi connectivity index (χ0) is 27.1. The average Bonchev–Trinajstić information content (AvgIpc) is 3.20. The Morgan fingerprint density at radius 1 is 0.667 bits per heavy atom. The van der Waals surface area contributed by atoms with Crippen LogP contribution in [-0.2, 0) is 14.6 Å². The molecular formula is C34H33BN2O2. The highest BCUT2D eigenvalue weighted by atomic mass is 16.7. The second kappa shape index (κ2) is 9.75. The minimum absolute atomic E-state index is 0.473. The number of hydrogen-bond donors (Lipinski definition) is 0. The van der Waals surface area contributed by atoms with Crippen LogP contribution in [0.1, 0.15) is 45.4 Å². The molecule has 0 amide bonds. The van der Waals surface area contributed by atoms with Crippen molar-refractivity contribution >= 4 is 12.7 Å². The average molecular weight is 512 g/mol. The van der Waals surface area contributed by atoms with Crippen LogP contribution in [0.3, 0.4) is 0 Å². The highest BCUT2D eigenvalue weighted by Crippen LogP contribution is 2.47. The fourth-order valence-electron chi connectivity index (χ4n) is 5.20. The van der Waals surface area contributed by atoms with Gasteiger partial charge in [0.15, 0.2) is 5.82 Å². The van der Waals surface area contributed by atoms with E-state index in [-0.39, 0.29) is 0 Å². The molecule has 2 heterocycles. The van der Waals surface area contributed by atoms with Gasteiger partial charge in [-0.1, -0.05) is 109 Å². The van der Waals surface area contributed by atoms with Gasteiger partial charge in [0, 0.05) is 11.1 Å². The topological polar surface area (TPSA) is 44.2 Å². The summed E-state index contributed by atoms with van der Waals surface area (Å²) < 4.78 is 13.5. The van der Waals surface area contributed by atoms with Gasteiger partial charge in [0.25, 0.3) is 0 Å². The predicted octanol–water partition coefficient (Wildman–Crippen LogP) is 7.72. The number of benzene rings is 3. The summed E-state index contributed by atoms with van der Waals surface area (Å²) in [5, 5.41) is -0.640. The van der Waals surface area contributed by atoms with Crippen LogP contribution in [0.25, 0.3) is 28.2 Å². The van der Waals surface area contributed by atoms with Gasteiger partial charge in [-0.15, -0.1) is 0 Å². The largest absolute Gasteiger partial charge is 0.475 e. The first kappa shape index (κ1) is 25.5. The summed E-state index contributed by atoms with van der Waals surface area (Å²) >= 11 is 0. The summed E-state index contributed by atoms with van der Waals surface area (Å²) in [5.74, 6) is 0.689. The molecule has 1 aromatic heterocycles. The van der Waals surface area contributed by atoms with Crippen molar-refractivity contribution in [2.45, 2.75) is 50.6 Å². The Morgan fingerprint density at radius 3 is 1.74 bits per heavy atom. The zero-order valence-electron chi connectivity index (χ0n) is 23.0. The SMILES string of the molecule is CC1(C)OB(C2(c3cc(-c4ccccc4)nc(-c4ccccc4)n3)C=CC(c3ccccc3)=CC2)OC1(C)C. The molecule has 1 unspecified atom stereocenters. The lowest BCUT2D eigenvalue weighted by molar-refractivity contribution is 0.00578. The van der Waals surface area contributed by atoms with Crippen LogP contribution in [0.15, 0.2) is 115 Å². The van der Waals surface area contributed by atoms with Crippen molar-refractivity contribution in [1.82, 2.24) is 9.97 Å². The molecule has 39 heavy (non-hydrogen) atoms. The monoisotopic (exact) mass is 512 g/mol. The Labute approximate surface area is 231 Å². The zero-order valence-corrected chi connectivity index (χ0v) is 23.0. The van der Waals surface area contributed by atoms with Crippen molar-refractivity contribution in [2.75, 3.05) is 0 Å². The predicted molar refractivity (Wildman–Crippen MR) is 159 cm³/mol. The lowest BCUT2D eigenvalue weighted by atomic mass is 9.52. The summed E-state index contributed by atoms with van der Waals surface area (Å²) in [5.41, 5.74) is 5.20. The fourth-order valence-corrected chi connectivity index (χ4v) is 5.20. The van der Waals surface area contributed by atoms with Gasteiger partial charge in [0.05, 0.1) is 27.9 Å². The van der Waals surface area contributed by atoms with Crippen LogP contribution in [0.5, 0.6) is 0 Å². The van der Waals surface area contributed by atoms with Crippen LogP contribution in [0.4, 0.5) is 0 Å². The maximum atomic E-state index is 6.73. The Morgan fingerprint density at radius 2 is 1.21 bits per heavy atom. The van der Waals surface area contributed by atoms with Crippen LogP contribution >= 0.6 is 0 Å². The van der Waals surface area contributed by atoms with Crippen molar-refractivity contribution in [3.63, 3.8) is 0 Å². The van der Waals surface area contributed by atoms with E-state index in [0.717, 1.165) is 22.5 Å². The van der Waals surface area contributed by atoms with Gasteiger partial charge in [-0.05, 0) is 51.3 Å². The molecule has 2 aliphatic rings. The van der Waals surface area contributed by atoms with E-state index >= 15 is 0 Å². The van der Waals surface area contributed by atoms with Crippen molar-refractivity contribution in [2.24, 2.45) is 0 Å². The van der Waals surface area contributed by atoms with E-state index in [2.05, 4.69) is 101 Å². The van der Waals surface area contributed by atoms with E-state index in [9.17, 15) is 0 Å². The van der Waals surface area contributed by atoms with Crippen LogP contribution in [0, 0.1) is 0 Å². The van der Waals surface area contributed by atoms with Gasteiger partial charge >= 0.3 is 7.12 Å². The molecule has 0 spiro atoms. The van der Waals surface area contributed by atoms with Crippen LogP contribution in [-0.4, -0.2) is 28.3 Å². The molecule has 0 saturated carbocycles. The number of hydrogen-bond acceptors (Lipinski definition) is 4. The third-order valence-corrected chi connectivity index (χ3v) is 8.31. The number of nitrogens with zero attached hydrogens (tertiary/aromatic N) is 2. The third kappa shape index (κ3) is 4.66. The number of rotatable bonds is 5. The summed E-state index contributed by atoms with van der Waals surface area (Å²) in [4.78, 5) is 10.2. The molecule has 1 saturated heterocycles. The molecule has 1 aliphatic carbocycles. The van der Waals surface area contributed by atoms with Crippen LogP contribution < -0.4 is 0 Å². The van der Waals surface area contributed by atoms with E-state index in [1.165, 1.54) is 11.1 Å². The van der Waals surface area contributed by atoms with Crippen molar-refractivity contribution in [3.8, 4) is 22.6 Å². The Bertz CT molecular complexity index is 1460. The van der Waals surface area contributed by atoms with E-state index in [0.29, 0.717) is 12.2 Å². The van der Waals surface area contributed by atoms with Gasteiger partial charge in [0.1, 0.15) is 0 Å². The van der Waals surface area contributed by atoms with Crippen molar-refractivity contribution < 1.29 is 9.31 Å². The molecule has 0 N–H and O–H groups in total. The normalized spacial score (nSPS) is 21.5. The van der Waals surface area contributed by atoms with Crippen molar-refractivity contribution in [3.05, 3.63) is 127 Å². The van der Waals surface area contributed by atoms with E-state index < -0.39 is 23.6 Å². The molecule has 0 radical (unpaired) electrons. The lowest BCUT2D eigenvalue weighted by Gasteiger charge is -2.34. The number of allylic oxidation sites excluding steroid dienone is 4. The highest BCUT2D eigenvalue weighted by Gasteiger charge is 2.60. The molecule has 4 nitrogen and oxygen atoms in total. The first-order valence-corrected chi connectivity index (χ1v) is 13.6. The minimum Gasteiger partial charge on any atom is -0.402 e. The highest BCUT2D eigenvalue weighted by molar-refractivity contribution is 6.50. The molecular weight excluding hydrogens is 479 g/mol. The molecule has 4 aromatic rings. The Hall–Kier alpha value is -3.80. The first-order chi connectivity index (χ1) is 18.8. The quantitative estimate of drug-likeness (QED) is 0.257. The van der Waals surface area contributed by atoms with Gasteiger partial charge in [-0.25, -0.2) is 9.97 Å². The molecule has 0 bridgehead atoms. The molecule has 1 aliphatic heterocycles. The fraction of sp³-hybridized carbons (Fsp3) is 0.235. The van der Waals surface area contributed by atoms with Gasteiger partial charge in [-0.3, -0.25) is 0 Å². The smallest absolute Gasteiger partial charge is 0.402 e. The van der Waals surface area contributed by atoms with Gasteiger partial charge in [-0.2, -0.15) is 0 Å². The lowest BCUT2D eigenvalue weighted by Crippen LogP contribution is -2.46.